The molecule has 1 aromatic carbocycles. The third-order valence-corrected chi connectivity index (χ3v) is 3.97. The summed E-state index contributed by atoms with van der Waals surface area (Å²) in [5, 5.41) is 3.91. The minimum absolute atomic E-state index is 0.0307. The highest BCUT2D eigenvalue weighted by Gasteiger charge is 2.20. The van der Waals surface area contributed by atoms with Crippen molar-refractivity contribution in [2.24, 2.45) is 11.7 Å². The molecule has 0 saturated heterocycles. The molecule has 1 heterocycles. The smallest absolute Gasteiger partial charge is 0.287 e. The second-order valence-corrected chi connectivity index (χ2v) is 6.65. The molecule has 0 radical (unpaired) electrons. The number of fused-ring (bicyclic) bond motifs is 1. The number of benzene rings is 1. The van der Waals surface area contributed by atoms with Gasteiger partial charge in [-0.15, -0.1) is 0 Å². The highest BCUT2D eigenvalue weighted by atomic mass is 79.9. The first-order valence-corrected chi connectivity index (χ1v) is 7.91. The van der Waals surface area contributed by atoms with Crippen LogP contribution in [0.5, 0.6) is 0 Å². The molecule has 0 aliphatic carbocycles. The van der Waals surface area contributed by atoms with Crippen molar-refractivity contribution in [2.45, 2.75) is 33.2 Å². The Kier molecular flexibility index (Phi) is 5.06. The van der Waals surface area contributed by atoms with E-state index >= 15 is 0 Å². The molecule has 0 aliphatic rings. The van der Waals surface area contributed by atoms with Gasteiger partial charge in [0.1, 0.15) is 5.58 Å². The Bertz CT molecular complexity index is 649. The van der Waals surface area contributed by atoms with Crippen molar-refractivity contribution in [2.75, 3.05) is 6.54 Å². The SMILES string of the molecule is Cc1c(C(=O)NC(CN)CC(C)C)oc2ccc(Br)cc12. The number of hydrogen-bond donors (Lipinski definition) is 2. The summed E-state index contributed by atoms with van der Waals surface area (Å²) >= 11 is 3.43. The summed E-state index contributed by atoms with van der Waals surface area (Å²) in [5.74, 6) is 0.646. The fourth-order valence-electron chi connectivity index (χ4n) is 2.44. The molecule has 2 rings (SSSR count). The Labute approximate surface area is 133 Å². The molecular formula is C16H21BrN2O2. The number of carbonyl (C=O) groups is 1. The lowest BCUT2D eigenvalue weighted by Gasteiger charge is -2.18. The van der Waals surface area contributed by atoms with Crippen LogP contribution in [0.25, 0.3) is 11.0 Å². The number of carbonyl (C=O) groups excluding carboxylic acids is 1. The monoisotopic (exact) mass is 352 g/mol. The lowest BCUT2D eigenvalue weighted by molar-refractivity contribution is 0.0907. The molecule has 2 aromatic rings. The van der Waals surface area contributed by atoms with Crippen LogP contribution >= 0.6 is 15.9 Å². The zero-order chi connectivity index (χ0) is 15.6. The lowest BCUT2D eigenvalue weighted by Crippen LogP contribution is -2.41. The average molecular weight is 353 g/mol. The molecule has 114 valence electrons. The van der Waals surface area contributed by atoms with Crippen molar-refractivity contribution >= 4 is 32.8 Å². The molecule has 4 nitrogen and oxygen atoms in total. The maximum absolute atomic E-state index is 12.4. The highest BCUT2D eigenvalue weighted by Crippen LogP contribution is 2.28. The van der Waals surface area contributed by atoms with Crippen molar-refractivity contribution in [1.29, 1.82) is 0 Å². The molecule has 0 fully saturated rings. The van der Waals surface area contributed by atoms with E-state index in [1.54, 1.807) is 0 Å². The molecule has 0 spiro atoms. The van der Waals surface area contributed by atoms with Crippen LogP contribution in [0.1, 0.15) is 36.4 Å². The minimum atomic E-state index is -0.198. The number of amides is 1. The van der Waals surface area contributed by atoms with Crippen LogP contribution in [0, 0.1) is 12.8 Å². The van der Waals surface area contributed by atoms with Gasteiger partial charge in [0.25, 0.3) is 5.91 Å². The first kappa shape index (κ1) is 16.0. The highest BCUT2D eigenvalue weighted by molar-refractivity contribution is 9.10. The Balaban J connectivity index is 2.25. The first-order chi connectivity index (χ1) is 9.92. The van der Waals surface area contributed by atoms with Gasteiger partial charge < -0.3 is 15.5 Å². The average Bonchev–Trinajstić information content (AvgIpc) is 2.74. The molecule has 1 atom stereocenters. The summed E-state index contributed by atoms with van der Waals surface area (Å²) in [6.07, 6.45) is 0.854. The lowest BCUT2D eigenvalue weighted by atomic mass is 10.0. The predicted octanol–water partition coefficient (Wildman–Crippen LogP) is 3.61. The zero-order valence-corrected chi connectivity index (χ0v) is 14.2. The summed E-state index contributed by atoms with van der Waals surface area (Å²) in [6, 6.07) is 5.68. The molecule has 21 heavy (non-hydrogen) atoms. The first-order valence-electron chi connectivity index (χ1n) is 7.12. The van der Waals surface area contributed by atoms with Gasteiger partial charge in [0.05, 0.1) is 0 Å². The predicted molar refractivity (Wildman–Crippen MR) is 88.4 cm³/mol. The van der Waals surface area contributed by atoms with Crippen molar-refractivity contribution in [3.05, 3.63) is 34.0 Å². The Morgan fingerprint density at radius 3 is 2.76 bits per heavy atom. The van der Waals surface area contributed by atoms with E-state index in [2.05, 4.69) is 35.1 Å². The third-order valence-electron chi connectivity index (χ3n) is 3.48. The summed E-state index contributed by atoms with van der Waals surface area (Å²) in [6.45, 7) is 6.54. The number of furan rings is 1. The fourth-order valence-corrected chi connectivity index (χ4v) is 2.80. The molecule has 0 aliphatic heterocycles. The van der Waals surface area contributed by atoms with Gasteiger partial charge in [-0.2, -0.15) is 0 Å². The topological polar surface area (TPSA) is 68.3 Å². The van der Waals surface area contributed by atoms with Crippen molar-refractivity contribution in [1.82, 2.24) is 5.32 Å². The van der Waals surface area contributed by atoms with E-state index in [4.69, 9.17) is 10.2 Å². The van der Waals surface area contributed by atoms with E-state index in [-0.39, 0.29) is 11.9 Å². The van der Waals surface area contributed by atoms with Gasteiger partial charge in [-0.3, -0.25) is 4.79 Å². The van der Waals surface area contributed by atoms with Gasteiger partial charge in [0.15, 0.2) is 5.76 Å². The van der Waals surface area contributed by atoms with Crippen LogP contribution in [-0.2, 0) is 0 Å². The number of aryl methyl sites for hydroxylation is 1. The summed E-state index contributed by atoms with van der Waals surface area (Å²) in [5.41, 5.74) is 7.30. The van der Waals surface area contributed by atoms with E-state index in [1.807, 2.05) is 25.1 Å². The van der Waals surface area contributed by atoms with Crippen LogP contribution in [0.3, 0.4) is 0 Å². The number of hydrogen-bond acceptors (Lipinski definition) is 3. The molecule has 5 heteroatoms. The Morgan fingerprint density at radius 1 is 1.43 bits per heavy atom. The summed E-state index contributed by atoms with van der Waals surface area (Å²) in [4.78, 5) is 12.4. The number of nitrogens with two attached hydrogens (primary N) is 1. The second-order valence-electron chi connectivity index (χ2n) is 5.73. The van der Waals surface area contributed by atoms with Crippen LogP contribution in [0.2, 0.25) is 0 Å². The summed E-state index contributed by atoms with van der Waals surface area (Å²) in [7, 11) is 0. The van der Waals surface area contributed by atoms with Crippen molar-refractivity contribution < 1.29 is 9.21 Å². The van der Waals surface area contributed by atoms with E-state index in [9.17, 15) is 4.79 Å². The van der Waals surface area contributed by atoms with E-state index in [1.165, 1.54) is 0 Å². The number of rotatable bonds is 5. The fraction of sp³-hybridized carbons (Fsp3) is 0.438. The van der Waals surface area contributed by atoms with Gasteiger partial charge in [-0.05, 0) is 37.5 Å². The standard InChI is InChI=1S/C16H21BrN2O2/c1-9(2)6-12(8-18)19-16(20)15-10(3)13-7-11(17)4-5-14(13)21-15/h4-5,7,9,12H,6,8,18H2,1-3H3,(H,19,20). The van der Waals surface area contributed by atoms with Crippen molar-refractivity contribution in [3.63, 3.8) is 0 Å². The quantitative estimate of drug-likeness (QED) is 0.863. The van der Waals surface area contributed by atoms with Crippen LogP contribution in [-0.4, -0.2) is 18.5 Å². The second kappa shape index (κ2) is 6.62. The van der Waals surface area contributed by atoms with E-state index < -0.39 is 0 Å². The zero-order valence-electron chi connectivity index (χ0n) is 12.6. The maximum Gasteiger partial charge on any atom is 0.287 e. The molecule has 3 N–H and O–H groups in total. The van der Waals surface area contributed by atoms with Crippen LogP contribution in [0.15, 0.2) is 27.1 Å². The summed E-state index contributed by atoms with van der Waals surface area (Å²) < 4.78 is 6.66. The number of nitrogens with one attached hydrogen (secondary N) is 1. The van der Waals surface area contributed by atoms with Gasteiger partial charge >= 0.3 is 0 Å². The Morgan fingerprint density at radius 2 is 2.14 bits per heavy atom. The largest absolute Gasteiger partial charge is 0.451 e. The van der Waals surface area contributed by atoms with Crippen molar-refractivity contribution in [3.8, 4) is 0 Å². The molecule has 1 aromatic heterocycles. The minimum Gasteiger partial charge on any atom is -0.451 e. The molecule has 0 bridgehead atoms. The van der Waals surface area contributed by atoms with Gasteiger partial charge in [0, 0.05) is 28.0 Å². The van der Waals surface area contributed by atoms with Crippen LogP contribution < -0.4 is 11.1 Å². The molecule has 0 saturated carbocycles. The van der Waals surface area contributed by atoms with E-state index in [0.29, 0.717) is 23.8 Å². The van der Waals surface area contributed by atoms with Crippen LogP contribution in [0.4, 0.5) is 0 Å². The third kappa shape index (κ3) is 3.66. The normalized spacial score (nSPS) is 12.9. The molecule has 1 unspecified atom stereocenters. The molecule has 1 amide bonds. The number of halogens is 1. The maximum atomic E-state index is 12.4. The van der Waals surface area contributed by atoms with Gasteiger partial charge in [0.2, 0.25) is 0 Å². The van der Waals surface area contributed by atoms with E-state index in [0.717, 1.165) is 21.8 Å². The Hall–Kier alpha value is -1.33. The van der Waals surface area contributed by atoms with Gasteiger partial charge in [-0.25, -0.2) is 0 Å². The molecular weight excluding hydrogens is 332 g/mol. The van der Waals surface area contributed by atoms with Gasteiger partial charge in [-0.1, -0.05) is 29.8 Å².